The van der Waals surface area contributed by atoms with E-state index in [-0.39, 0.29) is 5.41 Å². The Morgan fingerprint density at radius 2 is 1.82 bits per heavy atom. The lowest BCUT2D eigenvalue weighted by atomic mass is 9.69. The zero-order chi connectivity index (χ0) is 7.73. The minimum Gasteiger partial charge on any atom is -0.198 e. The van der Waals surface area contributed by atoms with Crippen LogP contribution in [-0.4, -0.2) is 0 Å². The van der Waals surface area contributed by atoms with Gasteiger partial charge in [-0.15, -0.1) is 0 Å². The molecule has 2 rings (SSSR count). The van der Waals surface area contributed by atoms with Crippen LogP contribution in [0.2, 0.25) is 0 Å². The van der Waals surface area contributed by atoms with Crippen LogP contribution in [0.1, 0.15) is 44.9 Å². The zero-order valence-corrected chi connectivity index (χ0v) is 6.97. The lowest BCUT2D eigenvalue weighted by Gasteiger charge is -2.32. The fourth-order valence-electron chi connectivity index (χ4n) is 2.93. The van der Waals surface area contributed by atoms with Crippen LogP contribution < -0.4 is 0 Å². The third-order valence-electron chi connectivity index (χ3n) is 3.61. The molecule has 0 aromatic carbocycles. The average molecular weight is 149 g/mol. The van der Waals surface area contributed by atoms with Gasteiger partial charge in [0, 0.05) is 0 Å². The maximum Gasteiger partial charge on any atom is 0.0692 e. The Kier molecular flexibility index (Phi) is 1.64. The molecule has 2 atom stereocenters. The molecular formula is C10H15N. The highest BCUT2D eigenvalue weighted by molar-refractivity contribution is 5.07. The highest BCUT2D eigenvalue weighted by Crippen LogP contribution is 2.51. The highest BCUT2D eigenvalue weighted by Gasteiger charge is 2.44. The normalized spacial score (nSPS) is 43.0. The summed E-state index contributed by atoms with van der Waals surface area (Å²) < 4.78 is 0. The van der Waals surface area contributed by atoms with Gasteiger partial charge in [-0.2, -0.15) is 5.26 Å². The molecule has 0 heterocycles. The molecule has 0 saturated heterocycles. The summed E-state index contributed by atoms with van der Waals surface area (Å²) in [6.07, 6.45) is 9.00. The van der Waals surface area contributed by atoms with E-state index >= 15 is 0 Å². The molecule has 2 fully saturated rings. The third-order valence-corrected chi connectivity index (χ3v) is 3.61. The lowest BCUT2D eigenvalue weighted by Crippen LogP contribution is -2.27. The second kappa shape index (κ2) is 2.52. The zero-order valence-electron chi connectivity index (χ0n) is 6.97. The number of hydrogen-bond donors (Lipinski definition) is 0. The van der Waals surface area contributed by atoms with Gasteiger partial charge in [-0.1, -0.05) is 19.3 Å². The molecule has 0 aliphatic heterocycles. The Morgan fingerprint density at radius 1 is 1.09 bits per heavy atom. The lowest BCUT2D eigenvalue weighted by molar-refractivity contribution is 0.197. The average Bonchev–Trinajstić information content (AvgIpc) is 2.48. The molecule has 2 saturated carbocycles. The smallest absolute Gasteiger partial charge is 0.0692 e. The number of nitriles is 1. The molecule has 0 N–H and O–H groups in total. The largest absolute Gasteiger partial charge is 0.198 e. The van der Waals surface area contributed by atoms with Crippen LogP contribution in [0.4, 0.5) is 0 Å². The second-order valence-electron chi connectivity index (χ2n) is 4.10. The summed E-state index contributed by atoms with van der Waals surface area (Å²) in [7, 11) is 0. The Bertz CT molecular complexity index is 192. The summed E-state index contributed by atoms with van der Waals surface area (Å²) in [5, 5.41) is 9.10. The van der Waals surface area contributed by atoms with Gasteiger partial charge in [-0.05, 0) is 31.6 Å². The SMILES string of the molecule is N#C[C@@]12CCCC[C@@H]1CCC2. The van der Waals surface area contributed by atoms with Crippen LogP contribution >= 0.6 is 0 Å². The van der Waals surface area contributed by atoms with Gasteiger partial charge in [0.1, 0.15) is 0 Å². The molecule has 2 aliphatic rings. The standard InChI is InChI=1S/C10H15N/c11-8-10-6-2-1-4-9(10)5-3-7-10/h9H,1-7H2/t9-,10+/m1/s1. The van der Waals surface area contributed by atoms with Crippen molar-refractivity contribution in [3.8, 4) is 6.07 Å². The molecule has 0 radical (unpaired) electrons. The van der Waals surface area contributed by atoms with Gasteiger partial charge >= 0.3 is 0 Å². The fraction of sp³-hybridized carbons (Fsp3) is 0.900. The summed E-state index contributed by atoms with van der Waals surface area (Å²) in [5.41, 5.74) is 0.137. The predicted octanol–water partition coefficient (Wildman–Crippen LogP) is 2.87. The van der Waals surface area contributed by atoms with Crippen molar-refractivity contribution in [2.24, 2.45) is 11.3 Å². The maximum atomic E-state index is 9.10. The Labute approximate surface area is 68.4 Å². The van der Waals surface area contributed by atoms with E-state index in [2.05, 4.69) is 6.07 Å². The van der Waals surface area contributed by atoms with Crippen molar-refractivity contribution >= 4 is 0 Å². The number of rotatable bonds is 0. The third kappa shape index (κ3) is 0.965. The van der Waals surface area contributed by atoms with Crippen LogP contribution in [0.15, 0.2) is 0 Å². The molecule has 11 heavy (non-hydrogen) atoms. The van der Waals surface area contributed by atoms with Crippen molar-refractivity contribution in [2.75, 3.05) is 0 Å². The first-order valence-corrected chi connectivity index (χ1v) is 4.79. The molecule has 0 unspecified atom stereocenters. The molecule has 0 aromatic heterocycles. The quantitative estimate of drug-likeness (QED) is 0.519. The Balaban J connectivity index is 2.20. The van der Waals surface area contributed by atoms with E-state index < -0.39 is 0 Å². The van der Waals surface area contributed by atoms with E-state index in [1.165, 1.54) is 44.9 Å². The van der Waals surface area contributed by atoms with E-state index in [9.17, 15) is 0 Å². The van der Waals surface area contributed by atoms with Crippen LogP contribution in [0, 0.1) is 22.7 Å². The molecule has 1 nitrogen and oxygen atoms in total. The minimum absolute atomic E-state index is 0.137. The van der Waals surface area contributed by atoms with Gasteiger partial charge in [0.25, 0.3) is 0 Å². The minimum atomic E-state index is 0.137. The van der Waals surface area contributed by atoms with Crippen LogP contribution in [0.25, 0.3) is 0 Å². The van der Waals surface area contributed by atoms with Crippen molar-refractivity contribution in [2.45, 2.75) is 44.9 Å². The first-order valence-electron chi connectivity index (χ1n) is 4.79. The Morgan fingerprint density at radius 3 is 2.55 bits per heavy atom. The van der Waals surface area contributed by atoms with Gasteiger partial charge < -0.3 is 0 Å². The van der Waals surface area contributed by atoms with Crippen molar-refractivity contribution in [1.29, 1.82) is 5.26 Å². The summed E-state index contributed by atoms with van der Waals surface area (Å²) in [6.45, 7) is 0. The maximum absolute atomic E-state index is 9.10. The van der Waals surface area contributed by atoms with Crippen LogP contribution in [0.5, 0.6) is 0 Å². The summed E-state index contributed by atoms with van der Waals surface area (Å²) >= 11 is 0. The molecular weight excluding hydrogens is 134 g/mol. The van der Waals surface area contributed by atoms with Gasteiger partial charge in [-0.3, -0.25) is 0 Å². The highest BCUT2D eigenvalue weighted by atomic mass is 14.5. The fourth-order valence-corrected chi connectivity index (χ4v) is 2.93. The van der Waals surface area contributed by atoms with Crippen molar-refractivity contribution in [3.63, 3.8) is 0 Å². The van der Waals surface area contributed by atoms with E-state index in [4.69, 9.17) is 5.26 Å². The van der Waals surface area contributed by atoms with Crippen molar-refractivity contribution < 1.29 is 0 Å². The van der Waals surface area contributed by atoms with Crippen LogP contribution in [-0.2, 0) is 0 Å². The summed E-state index contributed by atoms with van der Waals surface area (Å²) in [5.74, 6) is 0.765. The van der Waals surface area contributed by atoms with Gasteiger partial charge in [0.05, 0.1) is 11.5 Å². The first-order chi connectivity index (χ1) is 5.37. The molecule has 0 amide bonds. The summed E-state index contributed by atoms with van der Waals surface area (Å²) in [4.78, 5) is 0. The van der Waals surface area contributed by atoms with Crippen molar-refractivity contribution in [3.05, 3.63) is 0 Å². The second-order valence-corrected chi connectivity index (χ2v) is 4.10. The van der Waals surface area contributed by atoms with E-state index in [0.717, 1.165) is 5.92 Å². The molecule has 2 aliphatic carbocycles. The topological polar surface area (TPSA) is 23.8 Å². The first kappa shape index (κ1) is 7.16. The van der Waals surface area contributed by atoms with Crippen molar-refractivity contribution in [1.82, 2.24) is 0 Å². The van der Waals surface area contributed by atoms with E-state index in [1.54, 1.807) is 0 Å². The number of hydrogen-bond acceptors (Lipinski definition) is 1. The molecule has 0 bridgehead atoms. The van der Waals surface area contributed by atoms with Gasteiger partial charge in [0.15, 0.2) is 0 Å². The number of fused-ring (bicyclic) bond motifs is 1. The molecule has 0 aromatic rings. The van der Waals surface area contributed by atoms with E-state index in [1.807, 2.05) is 0 Å². The van der Waals surface area contributed by atoms with Crippen LogP contribution in [0.3, 0.4) is 0 Å². The molecule has 0 spiro atoms. The number of nitrogens with zero attached hydrogens (tertiary/aromatic N) is 1. The monoisotopic (exact) mass is 149 g/mol. The van der Waals surface area contributed by atoms with E-state index in [0.29, 0.717) is 0 Å². The van der Waals surface area contributed by atoms with Gasteiger partial charge in [0.2, 0.25) is 0 Å². The molecule has 60 valence electrons. The molecule has 1 heteroatoms. The predicted molar refractivity (Wildman–Crippen MR) is 43.9 cm³/mol. The Hall–Kier alpha value is -0.510. The van der Waals surface area contributed by atoms with Gasteiger partial charge in [-0.25, -0.2) is 0 Å². The summed E-state index contributed by atoms with van der Waals surface area (Å²) in [6, 6.07) is 2.58.